The minimum atomic E-state index is -0.342. The first-order valence-electron chi connectivity index (χ1n) is 11.6. The highest BCUT2D eigenvalue weighted by Gasteiger charge is 2.41. The Morgan fingerprint density at radius 2 is 1.88 bits per heavy atom. The van der Waals surface area contributed by atoms with Crippen LogP contribution in [0.25, 0.3) is 11.1 Å². The number of hydrogen-bond donors (Lipinski definition) is 1. The van der Waals surface area contributed by atoms with E-state index < -0.39 is 0 Å². The van der Waals surface area contributed by atoms with Gasteiger partial charge in [-0.25, -0.2) is 4.79 Å². The molecule has 0 aromatic heterocycles. The number of nitrogens with one attached hydrogen (secondary N) is 1. The van der Waals surface area contributed by atoms with E-state index in [2.05, 4.69) is 24.1 Å². The molecule has 4 aliphatic heterocycles. The van der Waals surface area contributed by atoms with Crippen LogP contribution in [-0.4, -0.2) is 50.4 Å². The molecule has 0 radical (unpaired) electrons. The molecule has 4 aliphatic rings. The van der Waals surface area contributed by atoms with Gasteiger partial charge in [0.05, 0.1) is 24.8 Å². The lowest BCUT2D eigenvalue weighted by molar-refractivity contribution is -0.0361. The van der Waals surface area contributed by atoms with Gasteiger partial charge >= 0.3 is 6.09 Å². The van der Waals surface area contributed by atoms with Crippen LogP contribution in [0.5, 0.6) is 11.5 Å². The summed E-state index contributed by atoms with van der Waals surface area (Å²) in [7, 11) is 1.60. The highest BCUT2D eigenvalue weighted by Crippen LogP contribution is 2.44. The van der Waals surface area contributed by atoms with Crippen LogP contribution in [0.1, 0.15) is 38.3 Å². The molecule has 176 valence electrons. The van der Waals surface area contributed by atoms with Gasteiger partial charge in [-0.2, -0.15) is 0 Å². The lowest BCUT2D eigenvalue weighted by Gasteiger charge is -2.44. The fraction of sp³-hybridized carbons (Fsp3) is 0.500. The van der Waals surface area contributed by atoms with Gasteiger partial charge < -0.3 is 19.5 Å². The molecule has 1 N–H and O–H groups in total. The molecule has 2 atom stereocenters. The van der Waals surface area contributed by atoms with Crippen LogP contribution in [0, 0.1) is 11.3 Å². The van der Waals surface area contributed by atoms with Crippen LogP contribution in [0.4, 0.5) is 4.79 Å². The van der Waals surface area contributed by atoms with Crippen molar-refractivity contribution in [1.82, 2.24) is 10.2 Å². The van der Waals surface area contributed by atoms with Crippen LogP contribution in [0.3, 0.4) is 0 Å². The van der Waals surface area contributed by atoms with Gasteiger partial charge in [-0.05, 0) is 61.2 Å². The number of ether oxygens (including phenoxy) is 3. The Kier molecular flexibility index (Phi) is 5.91. The molecular weight excluding hydrogens is 440 g/mol. The van der Waals surface area contributed by atoms with Crippen LogP contribution in [0.2, 0.25) is 5.02 Å². The summed E-state index contributed by atoms with van der Waals surface area (Å²) < 4.78 is 17.3. The average Bonchev–Trinajstić information content (AvgIpc) is 2.81. The number of halogens is 1. The summed E-state index contributed by atoms with van der Waals surface area (Å²) in [6, 6.07) is 11.6. The smallest absolute Gasteiger partial charge is 0.407 e. The van der Waals surface area contributed by atoms with Gasteiger partial charge in [0.1, 0.15) is 17.6 Å². The van der Waals surface area contributed by atoms with Crippen molar-refractivity contribution >= 4 is 17.7 Å². The summed E-state index contributed by atoms with van der Waals surface area (Å²) in [6.45, 7) is 7.79. The Bertz CT molecular complexity index is 1050. The van der Waals surface area contributed by atoms with Gasteiger partial charge in [0, 0.05) is 17.5 Å². The lowest BCUT2D eigenvalue weighted by atomic mass is 9.78. The molecule has 6 rings (SSSR count). The summed E-state index contributed by atoms with van der Waals surface area (Å²) in [6.07, 6.45) is 1.87. The molecule has 2 aromatic carbocycles. The van der Waals surface area contributed by atoms with Gasteiger partial charge in [-0.1, -0.05) is 43.6 Å². The number of carbonyl (C=O) groups excluding carboxylic acids is 1. The van der Waals surface area contributed by atoms with Crippen LogP contribution in [0.15, 0.2) is 36.4 Å². The lowest BCUT2D eigenvalue weighted by Crippen LogP contribution is -2.53. The maximum atomic E-state index is 12.9. The molecule has 2 aromatic rings. The van der Waals surface area contributed by atoms with Gasteiger partial charge in [0.15, 0.2) is 0 Å². The summed E-state index contributed by atoms with van der Waals surface area (Å²) in [4.78, 5) is 15.3. The second-order valence-electron chi connectivity index (χ2n) is 10.0. The molecule has 0 aliphatic carbocycles. The summed E-state index contributed by atoms with van der Waals surface area (Å²) >= 11 is 6.32. The molecule has 3 saturated heterocycles. The van der Waals surface area contributed by atoms with E-state index in [4.69, 9.17) is 25.8 Å². The van der Waals surface area contributed by atoms with E-state index in [0.717, 1.165) is 54.9 Å². The van der Waals surface area contributed by atoms with Crippen LogP contribution in [-0.2, 0) is 4.74 Å². The zero-order valence-electron chi connectivity index (χ0n) is 19.4. The van der Waals surface area contributed by atoms with E-state index >= 15 is 0 Å². The number of benzene rings is 2. The molecule has 7 heteroatoms. The predicted molar refractivity (Wildman–Crippen MR) is 128 cm³/mol. The van der Waals surface area contributed by atoms with Crippen molar-refractivity contribution in [3.63, 3.8) is 0 Å². The maximum absolute atomic E-state index is 12.9. The summed E-state index contributed by atoms with van der Waals surface area (Å²) in [5, 5.41) is 3.72. The van der Waals surface area contributed by atoms with Crippen LogP contribution >= 0.6 is 11.6 Å². The first kappa shape index (κ1) is 22.4. The van der Waals surface area contributed by atoms with Crippen molar-refractivity contribution in [3.05, 3.63) is 47.0 Å². The largest absolute Gasteiger partial charge is 0.495 e. The Morgan fingerprint density at radius 3 is 2.55 bits per heavy atom. The molecule has 1 unspecified atom stereocenters. The number of alkyl carbamates (subject to hydrolysis) is 1. The molecule has 0 spiro atoms. The van der Waals surface area contributed by atoms with E-state index in [1.165, 1.54) is 0 Å². The van der Waals surface area contributed by atoms with Crippen molar-refractivity contribution in [3.8, 4) is 22.6 Å². The molecule has 33 heavy (non-hydrogen) atoms. The SMILES string of the molecule is COc1ccc(-c2ccc3c(c2)OCC(C)(C)C3NC(=O)O[C@@H]2CN3CCC2CC3)cc1Cl. The molecular formula is C26H31ClN2O4. The minimum Gasteiger partial charge on any atom is -0.495 e. The molecule has 3 fully saturated rings. The van der Waals surface area contributed by atoms with E-state index in [-0.39, 0.29) is 23.7 Å². The van der Waals surface area contributed by atoms with Crippen molar-refractivity contribution in [2.45, 2.75) is 38.8 Å². The highest BCUT2D eigenvalue weighted by molar-refractivity contribution is 6.32. The third kappa shape index (κ3) is 4.38. The van der Waals surface area contributed by atoms with Crippen molar-refractivity contribution < 1.29 is 19.0 Å². The molecule has 2 bridgehead atoms. The monoisotopic (exact) mass is 470 g/mol. The van der Waals surface area contributed by atoms with Crippen molar-refractivity contribution in [2.75, 3.05) is 33.4 Å². The van der Waals surface area contributed by atoms with E-state index in [1.807, 2.05) is 36.4 Å². The second-order valence-corrected chi connectivity index (χ2v) is 10.4. The van der Waals surface area contributed by atoms with E-state index in [9.17, 15) is 4.79 Å². The Balaban J connectivity index is 1.35. The number of rotatable bonds is 4. The van der Waals surface area contributed by atoms with E-state index in [1.54, 1.807) is 7.11 Å². The predicted octanol–water partition coefficient (Wildman–Crippen LogP) is 5.30. The normalized spacial score (nSPS) is 27.3. The van der Waals surface area contributed by atoms with E-state index in [0.29, 0.717) is 23.3 Å². The topological polar surface area (TPSA) is 60.0 Å². The summed E-state index contributed by atoms with van der Waals surface area (Å²) in [5.74, 6) is 1.89. The fourth-order valence-corrected chi connectivity index (χ4v) is 5.56. The minimum absolute atomic E-state index is 0.0166. The molecule has 1 amide bonds. The number of nitrogens with zero attached hydrogens (tertiary/aromatic N) is 1. The van der Waals surface area contributed by atoms with Crippen LogP contribution < -0.4 is 14.8 Å². The number of methoxy groups -OCH3 is 1. The number of piperidine rings is 3. The number of hydrogen-bond acceptors (Lipinski definition) is 5. The average molecular weight is 471 g/mol. The van der Waals surface area contributed by atoms with Crippen molar-refractivity contribution in [1.29, 1.82) is 0 Å². The third-order valence-corrected chi connectivity index (χ3v) is 7.60. The van der Waals surface area contributed by atoms with Gasteiger partial charge in [0.2, 0.25) is 0 Å². The second kappa shape index (κ2) is 8.73. The Hall–Kier alpha value is -2.44. The number of carbonyl (C=O) groups is 1. The first-order valence-corrected chi connectivity index (χ1v) is 12.0. The summed E-state index contributed by atoms with van der Waals surface area (Å²) in [5.41, 5.74) is 2.65. The Morgan fingerprint density at radius 1 is 1.15 bits per heavy atom. The zero-order valence-corrected chi connectivity index (χ0v) is 20.2. The zero-order chi connectivity index (χ0) is 23.2. The van der Waals surface area contributed by atoms with Gasteiger partial charge in [0.25, 0.3) is 0 Å². The van der Waals surface area contributed by atoms with Gasteiger partial charge in [-0.15, -0.1) is 0 Å². The van der Waals surface area contributed by atoms with Crippen molar-refractivity contribution in [2.24, 2.45) is 11.3 Å². The fourth-order valence-electron chi connectivity index (χ4n) is 5.30. The maximum Gasteiger partial charge on any atom is 0.407 e. The number of fused-ring (bicyclic) bond motifs is 4. The molecule has 0 saturated carbocycles. The first-order chi connectivity index (χ1) is 15.8. The number of amides is 1. The standard InChI is InChI=1S/C26H31ClN2O4/c1-26(2)15-32-22-13-18(17-5-7-21(31-3)20(27)12-17)4-6-19(22)24(26)28-25(30)33-23-14-29-10-8-16(23)9-11-29/h4-7,12-13,16,23-24H,8-11,14-15H2,1-3H3,(H,28,30)/t23-,24?/m1/s1. The quantitative estimate of drug-likeness (QED) is 0.657. The molecule has 4 heterocycles. The molecule has 6 nitrogen and oxygen atoms in total. The third-order valence-electron chi connectivity index (χ3n) is 7.31. The van der Waals surface area contributed by atoms with Gasteiger partial charge in [-0.3, -0.25) is 4.90 Å². The highest BCUT2D eigenvalue weighted by atomic mass is 35.5. The Labute approximate surface area is 200 Å².